The van der Waals surface area contributed by atoms with Crippen molar-refractivity contribution in [3.05, 3.63) is 22.3 Å². The molecule has 1 aliphatic rings. The van der Waals surface area contributed by atoms with Crippen LogP contribution in [0, 0.1) is 0 Å². The Morgan fingerprint density at radius 1 is 1.53 bits per heavy atom. The summed E-state index contributed by atoms with van der Waals surface area (Å²) in [4.78, 5) is 8.53. The van der Waals surface area contributed by atoms with Crippen LogP contribution < -0.4 is 10.0 Å². The summed E-state index contributed by atoms with van der Waals surface area (Å²) in [5.41, 5.74) is 0.633. The average Bonchev–Trinajstić information content (AvgIpc) is 2.15. The number of primary sulfonamides is 1. The molecule has 1 aromatic heterocycles. The lowest BCUT2D eigenvalue weighted by molar-refractivity contribution is 0.246. The number of hydrogen-bond donors (Lipinski definition) is 1. The van der Waals surface area contributed by atoms with Crippen LogP contribution in [0.15, 0.2) is 16.7 Å². The van der Waals surface area contributed by atoms with Gasteiger partial charge in [-0.25, -0.2) is 18.5 Å². The molecule has 2 rings (SSSR count). The Kier molecular flexibility index (Phi) is 4.14. The highest BCUT2D eigenvalue weighted by molar-refractivity contribution is 9.10. The fraction of sp³-hybridized carbons (Fsp3) is 0.545. The van der Waals surface area contributed by atoms with Crippen LogP contribution >= 0.6 is 15.9 Å². The highest BCUT2D eigenvalue weighted by Crippen LogP contribution is 2.27. The Hall–Kier alpha value is -0.700. The fourth-order valence-electron chi connectivity index (χ4n) is 2.04. The fourth-order valence-corrected chi connectivity index (χ4v) is 3.06. The van der Waals surface area contributed by atoms with E-state index in [1.165, 1.54) is 0 Å². The van der Waals surface area contributed by atoms with E-state index in [2.05, 4.69) is 30.7 Å². The second-order valence-electron chi connectivity index (χ2n) is 4.97. The number of hydrogen-bond acceptors (Lipinski definition) is 5. The van der Waals surface area contributed by atoms with Crippen molar-refractivity contribution in [1.29, 1.82) is 0 Å². The number of nitrogens with zero attached hydrogens (tertiary/aromatic N) is 3. The van der Waals surface area contributed by atoms with E-state index in [-0.39, 0.29) is 5.75 Å². The molecule has 0 radical (unpaired) electrons. The van der Waals surface area contributed by atoms with Gasteiger partial charge in [-0.1, -0.05) is 0 Å². The normalized spacial score (nSPS) is 16.8. The van der Waals surface area contributed by atoms with Gasteiger partial charge < -0.3 is 9.80 Å². The third-order valence-corrected chi connectivity index (χ3v) is 4.31. The van der Waals surface area contributed by atoms with Gasteiger partial charge in [-0.2, -0.15) is 0 Å². The van der Waals surface area contributed by atoms with Crippen molar-refractivity contribution in [3.63, 3.8) is 0 Å². The second kappa shape index (κ2) is 5.35. The number of anilines is 1. The first-order valence-corrected chi connectivity index (χ1v) is 8.33. The molecule has 8 heteroatoms. The van der Waals surface area contributed by atoms with Gasteiger partial charge in [0.25, 0.3) is 0 Å². The van der Waals surface area contributed by atoms with Gasteiger partial charge >= 0.3 is 0 Å². The molecule has 1 aliphatic heterocycles. The van der Waals surface area contributed by atoms with Crippen molar-refractivity contribution >= 4 is 31.8 Å². The van der Waals surface area contributed by atoms with Gasteiger partial charge in [0.05, 0.1) is 5.75 Å². The molecule has 0 atom stereocenters. The largest absolute Gasteiger partial charge is 0.353 e. The van der Waals surface area contributed by atoms with Gasteiger partial charge in [0.1, 0.15) is 5.82 Å². The number of likely N-dealkylation sites (N-methyl/N-ethyl adjacent to an activating group) is 1. The predicted octanol–water partition coefficient (Wildman–Crippen LogP) is 0.383. The second-order valence-corrected chi connectivity index (χ2v) is 7.50. The van der Waals surface area contributed by atoms with Crippen LogP contribution in [0.2, 0.25) is 0 Å². The third-order valence-electron chi connectivity index (χ3n) is 3.16. The van der Waals surface area contributed by atoms with Gasteiger partial charge in [0, 0.05) is 35.4 Å². The number of nitrogens with two attached hydrogens (primary N) is 1. The van der Waals surface area contributed by atoms with E-state index < -0.39 is 10.0 Å². The minimum atomic E-state index is -3.56. The first-order valence-electron chi connectivity index (χ1n) is 5.82. The van der Waals surface area contributed by atoms with Crippen LogP contribution in [-0.2, 0) is 15.8 Å². The quantitative estimate of drug-likeness (QED) is 0.850. The van der Waals surface area contributed by atoms with Crippen LogP contribution in [-0.4, -0.2) is 51.5 Å². The number of pyridine rings is 1. The monoisotopic (exact) mass is 348 g/mol. The minimum Gasteiger partial charge on any atom is -0.353 e. The zero-order valence-electron chi connectivity index (χ0n) is 10.9. The van der Waals surface area contributed by atoms with Gasteiger partial charge in [0.2, 0.25) is 10.0 Å². The Balaban J connectivity index is 2.22. The standard InChI is InChI=1S/C11H17BrN4O2S/c1-15(2)10-5-16(6-10)11-8(7-19(13,17)18)3-9(12)4-14-11/h3-4,10H,5-7H2,1-2H3,(H2,13,17,18). The molecule has 0 spiro atoms. The first kappa shape index (κ1) is 14.7. The number of halogens is 1. The van der Waals surface area contributed by atoms with Crippen molar-refractivity contribution in [2.45, 2.75) is 11.8 Å². The van der Waals surface area contributed by atoms with Gasteiger partial charge in [-0.3, -0.25) is 0 Å². The maximum atomic E-state index is 11.3. The van der Waals surface area contributed by atoms with E-state index in [0.717, 1.165) is 17.6 Å². The molecule has 0 bridgehead atoms. The van der Waals surface area contributed by atoms with E-state index in [0.29, 0.717) is 17.4 Å². The molecular weight excluding hydrogens is 332 g/mol. The van der Waals surface area contributed by atoms with Crippen molar-refractivity contribution in [3.8, 4) is 0 Å². The maximum Gasteiger partial charge on any atom is 0.213 e. The van der Waals surface area contributed by atoms with Gasteiger partial charge in [0.15, 0.2) is 0 Å². The molecule has 19 heavy (non-hydrogen) atoms. The summed E-state index contributed by atoms with van der Waals surface area (Å²) in [6.45, 7) is 1.69. The van der Waals surface area contributed by atoms with Crippen LogP contribution in [0.1, 0.15) is 5.56 Å². The predicted molar refractivity (Wildman–Crippen MR) is 78.4 cm³/mol. The van der Waals surface area contributed by atoms with E-state index in [1.807, 2.05) is 14.1 Å². The van der Waals surface area contributed by atoms with E-state index in [1.54, 1.807) is 12.3 Å². The summed E-state index contributed by atoms with van der Waals surface area (Å²) in [7, 11) is 0.498. The lowest BCUT2D eigenvalue weighted by atomic mass is 10.1. The molecule has 0 aromatic carbocycles. The first-order chi connectivity index (χ1) is 8.76. The Morgan fingerprint density at radius 3 is 2.68 bits per heavy atom. The van der Waals surface area contributed by atoms with Crippen molar-refractivity contribution < 1.29 is 8.42 Å². The van der Waals surface area contributed by atoms with E-state index in [4.69, 9.17) is 5.14 Å². The van der Waals surface area contributed by atoms with E-state index >= 15 is 0 Å². The molecule has 1 aromatic rings. The van der Waals surface area contributed by atoms with Crippen LogP contribution in [0.3, 0.4) is 0 Å². The van der Waals surface area contributed by atoms with Gasteiger partial charge in [-0.05, 0) is 36.1 Å². The summed E-state index contributed by atoms with van der Waals surface area (Å²) in [5.74, 6) is 0.507. The minimum absolute atomic E-state index is 0.197. The Labute approximate surface area is 121 Å². The van der Waals surface area contributed by atoms with Crippen LogP contribution in [0.5, 0.6) is 0 Å². The lowest BCUT2D eigenvalue weighted by Gasteiger charge is -2.44. The average molecular weight is 349 g/mol. The van der Waals surface area contributed by atoms with Crippen molar-refractivity contribution in [1.82, 2.24) is 9.88 Å². The Bertz CT molecular complexity index is 570. The molecule has 0 amide bonds. The highest BCUT2D eigenvalue weighted by atomic mass is 79.9. The zero-order chi connectivity index (χ0) is 14.2. The maximum absolute atomic E-state index is 11.3. The summed E-state index contributed by atoms with van der Waals surface area (Å²) < 4.78 is 23.3. The van der Waals surface area contributed by atoms with Crippen LogP contribution in [0.25, 0.3) is 0 Å². The summed E-state index contributed by atoms with van der Waals surface area (Å²) in [6, 6.07) is 2.24. The van der Waals surface area contributed by atoms with Crippen molar-refractivity contribution in [2.24, 2.45) is 5.14 Å². The van der Waals surface area contributed by atoms with E-state index in [9.17, 15) is 8.42 Å². The number of sulfonamides is 1. The molecular formula is C11H17BrN4O2S. The molecule has 0 unspecified atom stereocenters. The summed E-state index contributed by atoms with van der Waals surface area (Å²) in [6.07, 6.45) is 1.67. The lowest BCUT2D eigenvalue weighted by Crippen LogP contribution is -2.58. The molecule has 0 saturated carbocycles. The number of aromatic nitrogens is 1. The van der Waals surface area contributed by atoms with Crippen molar-refractivity contribution in [2.75, 3.05) is 32.1 Å². The molecule has 106 valence electrons. The molecule has 2 heterocycles. The molecule has 1 fully saturated rings. The molecule has 0 aliphatic carbocycles. The van der Waals surface area contributed by atoms with Gasteiger partial charge in [-0.15, -0.1) is 0 Å². The number of rotatable bonds is 4. The topological polar surface area (TPSA) is 79.5 Å². The Morgan fingerprint density at radius 2 is 2.16 bits per heavy atom. The third kappa shape index (κ3) is 3.65. The van der Waals surface area contributed by atoms with Crippen LogP contribution in [0.4, 0.5) is 5.82 Å². The zero-order valence-corrected chi connectivity index (χ0v) is 13.3. The molecule has 6 nitrogen and oxygen atoms in total. The SMILES string of the molecule is CN(C)C1CN(c2ncc(Br)cc2CS(N)(=O)=O)C1. The smallest absolute Gasteiger partial charge is 0.213 e. The summed E-state index contributed by atoms with van der Waals surface area (Å²) >= 11 is 3.30. The molecule has 2 N–H and O–H groups in total. The highest BCUT2D eigenvalue weighted by Gasteiger charge is 2.31. The molecule has 1 saturated heterocycles. The summed E-state index contributed by atoms with van der Waals surface area (Å²) in [5, 5.41) is 5.12.